The molecule has 100 valence electrons. The maximum absolute atomic E-state index is 10.8. The molecule has 0 N–H and O–H groups in total. The van der Waals surface area contributed by atoms with Gasteiger partial charge in [0.2, 0.25) is 0 Å². The molecule has 6 nitrogen and oxygen atoms in total. The third-order valence-electron chi connectivity index (χ3n) is 3.08. The summed E-state index contributed by atoms with van der Waals surface area (Å²) >= 11 is 0. The van der Waals surface area contributed by atoms with Gasteiger partial charge >= 0.3 is 0 Å². The maximum atomic E-state index is 10.8. The first-order valence-electron chi connectivity index (χ1n) is 5.95. The van der Waals surface area contributed by atoms with Crippen molar-refractivity contribution in [3.63, 3.8) is 0 Å². The van der Waals surface area contributed by atoms with E-state index in [2.05, 4.69) is 5.10 Å². The normalized spacial score (nSPS) is 10.7. The summed E-state index contributed by atoms with van der Waals surface area (Å²) in [7, 11) is 1.61. The first-order chi connectivity index (χ1) is 9.69. The lowest BCUT2D eigenvalue weighted by Crippen LogP contribution is -1.96. The highest BCUT2D eigenvalue weighted by Gasteiger charge is 2.10. The van der Waals surface area contributed by atoms with E-state index in [1.54, 1.807) is 24.1 Å². The predicted octanol–water partition coefficient (Wildman–Crippen LogP) is 2.94. The number of rotatable bonds is 3. The van der Waals surface area contributed by atoms with Gasteiger partial charge in [-0.1, -0.05) is 0 Å². The minimum absolute atomic E-state index is 0.0618. The molecule has 3 aromatic rings. The summed E-state index contributed by atoms with van der Waals surface area (Å²) in [5, 5.41) is 15.8. The molecule has 0 spiro atoms. The van der Waals surface area contributed by atoms with E-state index in [9.17, 15) is 10.1 Å². The first kappa shape index (κ1) is 12.2. The molecular weight excluding hydrogens is 258 g/mol. The van der Waals surface area contributed by atoms with Gasteiger partial charge in [0, 0.05) is 17.5 Å². The average Bonchev–Trinajstić information content (AvgIpc) is 2.90. The predicted molar refractivity (Wildman–Crippen MR) is 74.3 cm³/mol. The molecular formula is C14H11N3O3. The van der Waals surface area contributed by atoms with Crippen molar-refractivity contribution in [3.8, 4) is 11.4 Å². The lowest BCUT2D eigenvalue weighted by atomic mass is 10.2. The zero-order valence-electron chi connectivity index (χ0n) is 10.7. The molecule has 0 saturated carbocycles. The lowest BCUT2D eigenvalue weighted by molar-refractivity contribution is -0.384. The third kappa shape index (κ3) is 1.97. The molecule has 1 aromatic heterocycles. The SMILES string of the molecule is COc1ccc(-n2ncc3cc([N+](=O)[O-])ccc32)cc1. The molecule has 0 atom stereocenters. The van der Waals surface area contributed by atoms with Crippen molar-refractivity contribution >= 4 is 16.6 Å². The van der Waals surface area contributed by atoms with Crippen molar-refractivity contribution in [2.75, 3.05) is 7.11 Å². The lowest BCUT2D eigenvalue weighted by Gasteiger charge is -2.05. The van der Waals surface area contributed by atoms with Crippen LogP contribution in [0.2, 0.25) is 0 Å². The number of nitro groups is 1. The van der Waals surface area contributed by atoms with Gasteiger partial charge in [-0.25, -0.2) is 4.68 Å². The van der Waals surface area contributed by atoms with Crippen LogP contribution in [0, 0.1) is 10.1 Å². The molecule has 0 radical (unpaired) electrons. The van der Waals surface area contributed by atoms with Crippen LogP contribution in [0.3, 0.4) is 0 Å². The van der Waals surface area contributed by atoms with Gasteiger partial charge in [0.05, 0.1) is 29.4 Å². The minimum Gasteiger partial charge on any atom is -0.497 e. The highest BCUT2D eigenvalue weighted by molar-refractivity contribution is 5.82. The molecule has 0 bridgehead atoms. The number of benzene rings is 2. The van der Waals surface area contributed by atoms with Crippen LogP contribution in [0.5, 0.6) is 5.75 Å². The van der Waals surface area contributed by atoms with Crippen LogP contribution >= 0.6 is 0 Å². The molecule has 0 aliphatic carbocycles. The fraction of sp³-hybridized carbons (Fsp3) is 0.0714. The first-order valence-corrected chi connectivity index (χ1v) is 5.95. The Balaban J connectivity index is 2.09. The zero-order chi connectivity index (χ0) is 14.1. The Morgan fingerprint density at radius 1 is 1.20 bits per heavy atom. The van der Waals surface area contributed by atoms with Crippen LogP contribution in [0.4, 0.5) is 5.69 Å². The van der Waals surface area contributed by atoms with Crippen molar-refractivity contribution in [1.29, 1.82) is 0 Å². The Morgan fingerprint density at radius 2 is 1.95 bits per heavy atom. The van der Waals surface area contributed by atoms with E-state index in [1.807, 2.05) is 24.3 Å². The summed E-state index contributed by atoms with van der Waals surface area (Å²) in [5.74, 6) is 0.765. The van der Waals surface area contributed by atoms with Crippen LogP contribution < -0.4 is 4.74 Å². The molecule has 3 rings (SSSR count). The standard InChI is InChI=1S/C14H11N3O3/c1-20-13-5-2-11(3-6-13)16-14-7-4-12(17(18)19)8-10(14)9-15-16/h2-9H,1H3. The summed E-state index contributed by atoms with van der Waals surface area (Å²) < 4.78 is 6.85. The third-order valence-corrected chi connectivity index (χ3v) is 3.08. The summed E-state index contributed by atoms with van der Waals surface area (Å²) in [6, 6.07) is 12.1. The van der Waals surface area contributed by atoms with Gasteiger partial charge in [0.25, 0.3) is 5.69 Å². The van der Waals surface area contributed by atoms with E-state index in [4.69, 9.17) is 4.74 Å². The van der Waals surface area contributed by atoms with Gasteiger partial charge in [-0.05, 0) is 30.3 Å². The molecule has 6 heteroatoms. The van der Waals surface area contributed by atoms with Gasteiger partial charge in [0.1, 0.15) is 5.75 Å². The van der Waals surface area contributed by atoms with Crippen LogP contribution in [-0.2, 0) is 0 Å². The Bertz CT molecular complexity index is 778. The summed E-state index contributed by atoms with van der Waals surface area (Å²) in [6.45, 7) is 0. The van der Waals surface area contributed by atoms with Crippen LogP contribution in [0.15, 0.2) is 48.7 Å². The smallest absolute Gasteiger partial charge is 0.270 e. The van der Waals surface area contributed by atoms with Gasteiger partial charge in [-0.3, -0.25) is 10.1 Å². The van der Waals surface area contributed by atoms with E-state index >= 15 is 0 Å². The summed E-state index contributed by atoms with van der Waals surface area (Å²) in [4.78, 5) is 10.3. The number of nitro benzene ring substituents is 1. The molecule has 2 aromatic carbocycles. The maximum Gasteiger partial charge on any atom is 0.270 e. The van der Waals surface area contributed by atoms with Crippen molar-refractivity contribution < 1.29 is 9.66 Å². The van der Waals surface area contributed by atoms with Gasteiger partial charge in [-0.2, -0.15) is 5.10 Å². The Hall–Kier alpha value is -2.89. The molecule has 0 aliphatic rings. The van der Waals surface area contributed by atoms with E-state index in [1.165, 1.54) is 12.1 Å². The number of aromatic nitrogens is 2. The summed E-state index contributed by atoms with van der Waals surface area (Å²) in [6.07, 6.45) is 1.62. The second-order valence-corrected chi connectivity index (χ2v) is 4.25. The second-order valence-electron chi connectivity index (χ2n) is 4.25. The fourth-order valence-electron chi connectivity index (χ4n) is 2.06. The van der Waals surface area contributed by atoms with E-state index in [0.29, 0.717) is 0 Å². The molecule has 0 aliphatic heterocycles. The van der Waals surface area contributed by atoms with E-state index in [0.717, 1.165) is 22.3 Å². The van der Waals surface area contributed by atoms with Gasteiger partial charge < -0.3 is 4.74 Å². The number of nitrogens with zero attached hydrogens (tertiary/aromatic N) is 3. The molecule has 0 fully saturated rings. The van der Waals surface area contributed by atoms with E-state index in [-0.39, 0.29) is 5.69 Å². The Labute approximate surface area is 114 Å². The monoisotopic (exact) mass is 269 g/mol. The minimum atomic E-state index is -0.413. The van der Waals surface area contributed by atoms with Crippen molar-refractivity contribution in [2.24, 2.45) is 0 Å². The topological polar surface area (TPSA) is 70.2 Å². The van der Waals surface area contributed by atoms with Crippen LogP contribution in [0.1, 0.15) is 0 Å². The second kappa shape index (κ2) is 4.65. The average molecular weight is 269 g/mol. The number of methoxy groups -OCH3 is 1. The Kier molecular flexibility index (Phi) is 2.83. The van der Waals surface area contributed by atoms with Crippen molar-refractivity contribution in [1.82, 2.24) is 9.78 Å². The van der Waals surface area contributed by atoms with Crippen molar-refractivity contribution in [2.45, 2.75) is 0 Å². The molecule has 0 saturated heterocycles. The van der Waals surface area contributed by atoms with Crippen LogP contribution in [-0.4, -0.2) is 21.8 Å². The largest absolute Gasteiger partial charge is 0.497 e. The number of hydrogen-bond acceptors (Lipinski definition) is 4. The molecule has 1 heterocycles. The molecule has 20 heavy (non-hydrogen) atoms. The van der Waals surface area contributed by atoms with Crippen molar-refractivity contribution in [3.05, 3.63) is 58.8 Å². The molecule has 0 amide bonds. The number of ether oxygens (including phenoxy) is 1. The quantitative estimate of drug-likeness (QED) is 0.541. The number of non-ortho nitro benzene ring substituents is 1. The zero-order valence-corrected chi connectivity index (χ0v) is 10.7. The highest BCUT2D eigenvalue weighted by atomic mass is 16.6. The highest BCUT2D eigenvalue weighted by Crippen LogP contribution is 2.23. The number of fused-ring (bicyclic) bond motifs is 1. The van der Waals surface area contributed by atoms with Crippen LogP contribution in [0.25, 0.3) is 16.6 Å². The molecule has 0 unspecified atom stereocenters. The van der Waals surface area contributed by atoms with Gasteiger partial charge in [-0.15, -0.1) is 0 Å². The fourth-order valence-corrected chi connectivity index (χ4v) is 2.06. The Morgan fingerprint density at radius 3 is 2.60 bits per heavy atom. The summed E-state index contributed by atoms with van der Waals surface area (Å²) in [5.41, 5.74) is 1.75. The van der Waals surface area contributed by atoms with Gasteiger partial charge in [0.15, 0.2) is 0 Å². The number of hydrogen-bond donors (Lipinski definition) is 0. The van der Waals surface area contributed by atoms with E-state index < -0.39 is 4.92 Å².